The van der Waals surface area contributed by atoms with Gasteiger partial charge in [0.2, 0.25) is 5.91 Å². The molecule has 5 N–H and O–H groups in total. The summed E-state index contributed by atoms with van der Waals surface area (Å²) in [6.45, 7) is 2.50. The Morgan fingerprint density at radius 1 is 0.952 bits per heavy atom. The monoisotopic (exact) mass is 581 g/mol. The Balaban J connectivity index is 1.59. The fourth-order valence-electron chi connectivity index (χ4n) is 4.70. The summed E-state index contributed by atoms with van der Waals surface area (Å²) in [4.78, 5) is 21.7. The minimum atomic E-state index is -3.91. The zero-order valence-electron chi connectivity index (χ0n) is 23.0. The summed E-state index contributed by atoms with van der Waals surface area (Å²) in [5.41, 5.74) is 9.49. The van der Waals surface area contributed by atoms with Crippen LogP contribution in [0.25, 0.3) is 10.9 Å². The Kier molecular flexibility index (Phi) is 8.37. The first-order valence-electron chi connectivity index (χ1n) is 13.4. The first kappa shape index (κ1) is 28.6. The molecule has 0 bridgehead atoms. The maximum atomic E-state index is 13.2. The zero-order valence-corrected chi connectivity index (χ0v) is 23.8. The maximum Gasteiger partial charge on any atom is 0.261 e. The second kappa shape index (κ2) is 12.3. The smallest absolute Gasteiger partial charge is 0.261 e. The fraction of sp³-hybridized carbons (Fsp3) is 0.125. The quantitative estimate of drug-likeness (QED) is 0.160. The maximum absolute atomic E-state index is 13.2. The molecule has 0 saturated carbocycles. The number of hydrogen-bond donors (Lipinski definition) is 4. The number of aromatic nitrogens is 1. The van der Waals surface area contributed by atoms with Crippen molar-refractivity contribution in [2.45, 2.75) is 18.2 Å². The molecule has 1 heterocycles. The number of nitrogens with zero attached hydrogens (tertiary/aromatic N) is 2. The van der Waals surface area contributed by atoms with Gasteiger partial charge in [0.25, 0.3) is 10.0 Å². The molecular weight excluding hydrogens is 550 g/mol. The van der Waals surface area contributed by atoms with E-state index >= 15 is 0 Å². The Morgan fingerprint density at radius 3 is 2.26 bits per heavy atom. The average molecular weight is 582 g/mol. The molecule has 0 aliphatic carbocycles. The Bertz CT molecular complexity index is 1840. The van der Waals surface area contributed by atoms with Crippen molar-refractivity contribution < 1.29 is 18.3 Å². The summed E-state index contributed by atoms with van der Waals surface area (Å²) in [5.74, 6) is -0.222. The Hall–Kier alpha value is -4.93. The van der Waals surface area contributed by atoms with E-state index in [0.717, 1.165) is 11.3 Å². The first-order valence-corrected chi connectivity index (χ1v) is 14.9. The van der Waals surface area contributed by atoms with Crippen LogP contribution in [0.2, 0.25) is 0 Å². The van der Waals surface area contributed by atoms with Crippen LogP contribution in [-0.2, 0) is 14.8 Å². The highest BCUT2D eigenvalue weighted by Crippen LogP contribution is 2.33. The Labute approximate surface area is 244 Å². The van der Waals surface area contributed by atoms with Crippen LogP contribution >= 0.6 is 0 Å². The van der Waals surface area contributed by atoms with Crippen molar-refractivity contribution in [1.29, 1.82) is 0 Å². The van der Waals surface area contributed by atoms with E-state index in [-0.39, 0.29) is 16.7 Å². The Morgan fingerprint density at radius 2 is 1.62 bits per heavy atom. The molecule has 1 aromatic heterocycles. The van der Waals surface area contributed by atoms with Gasteiger partial charge in [0.1, 0.15) is 0 Å². The van der Waals surface area contributed by atoms with Crippen molar-refractivity contribution in [2.75, 3.05) is 22.7 Å². The average Bonchev–Trinajstić information content (AvgIpc) is 3.32. The number of aromatic amines is 1. The van der Waals surface area contributed by atoms with Crippen molar-refractivity contribution in [3.63, 3.8) is 0 Å². The molecule has 0 unspecified atom stereocenters. The van der Waals surface area contributed by atoms with Crippen LogP contribution in [0.4, 0.5) is 17.1 Å². The zero-order chi connectivity index (χ0) is 29.7. The molecule has 0 radical (unpaired) electrons. The number of para-hydroxylation sites is 1. The third-order valence-electron chi connectivity index (χ3n) is 6.74. The number of carbonyl (C=O) groups excluding carboxylic acids is 1. The molecule has 214 valence electrons. The topological polar surface area (TPSA) is 141 Å². The van der Waals surface area contributed by atoms with Gasteiger partial charge in [-0.15, -0.1) is 0 Å². The number of H-pyrrole nitrogens is 1. The lowest BCUT2D eigenvalue weighted by Crippen LogP contribution is -2.30. The summed E-state index contributed by atoms with van der Waals surface area (Å²) in [5, 5.41) is 11.6. The molecule has 10 heteroatoms. The van der Waals surface area contributed by atoms with Crippen molar-refractivity contribution in [3.8, 4) is 5.88 Å². The number of hydrogen-bond acceptors (Lipinski definition) is 6. The van der Waals surface area contributed by atoms with E-state index in [4.69, 9.17) is 10.7 Å². The minimum absolute atomic E-state index is 0.0395. The minimum Gasteiger partial charge on any atom is -0.494 e. The van der Waals surface area contributed by atoms with Crippen LogP contribution < -0.4 is 15.4 Å². The van der Waals surface area contributed by atoms with Crippen LogP contribution in [0.5, 0.6) is 5.88 Å². The normalized spacial score (nSPS) is 11.9. The number of aliphatic imine (C=N–C) groups is 1. The van der Waals surface area contributed by atoms with Gasteiger partial charge in [0, 0.05) is 41.3 Å². The highest BCUT2D eigenvalue weighted by molar-refractivity contribution is 7.92. The van der Waals surface area contributed by atoms with Gasteiger partial charge in [-0.05, 0) is 67.6 Å². The van der Waals surface area contributed by atoms with Gasteiger partial charge < -0.3 is 20.7 Å². The van der Waals surface area contributed by atoms with Gasteiger partial charge >= 0.3 is 0 Å². The highest BCUT2D eigenvalue weighted by atomic mass is 32.2. The number of fused-ring (bicyclic) bond motifs is 1. The summed E-state index contributed by atoms with van der Waals surface area (Å²) in [6, 6.07) is 29.8. The lowest BCUT2D eigenvalue weighted by Gasteiger charge is -2.21. The number of sulfonamides is 1. The summed E-state index contributed by atoms with van der Waals surface area (Å²) < 4.78 is 29.1. The van der Waals surface area contributed by atoms with Crippen LogP contribution in [0, 0.1) is 0 Å². The summed E-state index contributed by atoms with van der Waals surface area (Å²) >= 11 is 0. The standard InChI is InChI=1S/C32H31N5O4S/c1-22(38)37(20-8-19-33)26-15-13-24(14-16-26)34-31(23-9-4-2-5-10-23)30-28-21-27(17-18-29(28)35-32(30)39)42(40,41)36-25-11-6-3-7-12-25/h2-7,9-18,21,35-36,39H,8,19-20,33H2,1H3. The van der Waals surface area contributed by atoms with E-state index in [1.807, 2.05) is 42.5 Å². The van der Waals surface area contributed by atoms with Crippen LogP contribution in [0.3, 0.4) is 0 Å². The van der Waals surface area contributed by atoms with E-state index in [0.29, 0.717) is 53.1 Å². The van der Waals surface area contributed by atoms with E-state index in [2.05, 4.69) is 9.71 Å². The lowest BCUT2D eigenvalue weighted by atomic mass is 10.0. The molecule has 0 saturated heterocycles. The lowest BCUT2D eigenvalue weighted by molar-refractivity contribution is -0.116. The molecule has 1 amide bonds. The molecule has 5 aromatic rings. The van der Waals surface area contributed by atoms with E-state index in [1.54, 1.807) is 53.4 Å². The van der Waals surface area contributed by atoms with Crippen molar-refractivity contribution >= 4 is 49.6 Å². The first-order chi connectivity index (χ1) is 20.3. The SMILES string of the molecule is CC(=O)N(CCCN)c1ccc(N=C(c2ccccc2)c2c(O)[nH]c3ccc(S(=O)(=O)Nc4ccccc4)cc23)cc1. The number of nitrogens with two attached hydrogens (primary N) is 1. The summed E-state index contributed by atoms with van der Waals surface area (Å²) in [6.07, 6.45) is 0.677. The van der Waals surface area contributed by atoms with Crippen molar-refractivity contribution in [3.05, 3.63) is 114 Å². The van der Waals surface area contributed by atoms with Gasteiger partial charge in [-0.25, -0.2) is 13.4 Å². The summed E-state index contributed by atoms with van der Waals surface area (Å²) in [7, 11) is -3.91. The predicted octanol–water partition coefficient (Wildman–Crippen LogP) is 5.55. The van der Waals surface area contributed by atoms with Crippen LogP contribution in [0.15, 0.2) is 113 Å². The predicted molar refractivity (Wildman–Crippen MR) is 167 cm³/mol. The highest BCUT2D eigenvalue weighted by Gasteiger charge is 2.22. The van der Waals surface area contributed by atoms with Crippen LogP contribution in [-0.4, -0.2) is 43.2 Å². The van der Waals surface area contributed by atoms with E-state index in [1.165, 1.54) is 19.1 Å². The van der Waals surface area contributed by atoms with E-state index < -0.39 is 10.0 Å². The largest absolute Gasteiger partial charge is 0.494 e. The van der Waals surface area contributed by atoms with Crippen molar-refractivity contribution in [1.82, 2.24) is 4.98 Å². The second-order valence-electron chi connectivity index (χ2n) is 9.68. The van der Waals surface area contributed by atoms with Crippen LogP contribution in [0.1, 0.15) is 24.5 Å². The molecule has 5 rings (SSSR count). The molecule has 0 aliphatic heterocycles. The van der Waals surface area contributed by atoms with Gasteiger partial charge in [-0.2, -0.15) is 0 Å². The molecule has 0 atom stereocenters. The number of rotatable bonds is 10. The molecule has 0 aliphatic rings. The molecule has 9 nitrogen and oxygen atoms in total. The number of nitrogens with one attached hydrogen (secondary N) is 2. The van der Waals surface area contributed by atoms with Gasteiger partial charge in [-0.1, -0.05) is 48.5 Å². The molecule has 0 spiro atoms. The van der Waals surface area contributed by atoms with Gasteiger partial charge in [0.15, 0.2) is 5.88 Å². The molecular formula is C32H31N5O4S. The van der Waals surface area contributed by atoms with E-state index in [9.17, 15) is 18.3 Å². The molecule has 4 aromatic carbocycles. The molecule has 42 heavy (non-hydrogen) atoms. The number of benzene rings is 4. The second-order valence-corrected chi connectivity index (χ2v) is 11.4. The number of anilines is 2. The number of carbonyl (C=O) groups is 1. The van der Waals surface area contributed by atoms with Gasteiger partial charge in [-0.3, -0.25) is 9.52 Å². The van der Waals surface area contributed by atoms with Gasteiger partial charge in [0.05, 0.1) is 21.9 Å². The number of amides is 1. The third kappa shape index (κ3) is 6.19. The number of aromatic hydroxyl groups is 1. The van der Waals surface area contributed by atoms with Crippen molar-refractivity contribution in [2.24, 2.45) is 10.7 Å². The fourth-order valence-corrected chi connectivity index (χ4v) is 5.78. The molecule has 0 fully saturated rings. The third-order valence-corrected chi connectivity index (χ3v) is 8.12.